The van der Waals surface area contributed by atoms with Crippen molar-refractivity contribution < 1.29 is 19.4 Å². The van der Waals surface area contributed by atoms with Crippen LogP contribution in [0.3, 0.4) is 0 Å². The molecule has 0 saturated carbocycles. The summed E-state index contributed by atoms with van der Waals surface area (Å²) >= 11 is 1.27. The lowest BCUT2D eigenvalue weighted by atomic mass is 9.94. The Balaban J connectivity index is 1.81. The number of methoxy groups -OCH3 is 1. The lowest BCUT2D eigenvalue weighted by Gasteiger charge is -2.27. The van der Waals surface area contributed by atoms with Crippen LogP contribution in [0.5, 0.6) is 5.75 Å². The van der Waals surface area contributed by atoms with Crippen LogP contribution in [0, 0.1) is 13.8 Å². The van der Waals surface area contributed by atoms with E-state index in [1.54, 1.807) is 26.2 Å². The zero-order valence-corrected chi connectivity index (χ0v) is 18.3. The van der Waals surface area contributed by atoms with E-state index in [0.29, 0.717) is 16.3 Å². The fraction of sp³-hybridized carbons (Fsp3) is 0.208. The first-order valence-electron chi connectivity index (χ1n) is 9.81. The van der Waals surface area contributed by atoms with Crippen LogP contribution in [-0.4, -0.2) is 33.8 Å². The van der Waals surface area contributed by atoms with Crippen molar-refractivity contribution in [3.05, 3.63) is 92.6 Å². The van der Waals surface area contributed by atoms with Gasteiger partial charge in [0, 0.05) is 6.54 Å². The summed E-state index contributed by atoms with van der Waals surface area (Å²) in [7, 11) is 1.57. The van der Waals surface area contributed by atoms with Crippen molar-refractivity contribution >= 4 is 23.0 Å². The van der Waals surface area contributed by atoms with Gasteiger partial charge >= 0.3 is 0 Å². The average molecular weight is 435 g/mol. The van der Waals surface area contributed by atoms with Crippen LogP contribution in [0.4, 0.5) is 0 Å². The molecule has 1 aliphatic rings. The molecule has 2 aromatic carbocycles. The molecule has 0 aliphatic carbocycles. The summed E-state index contributed by atoms with van der Waals surface area (Å²) in [6.07, 6.45) is 0. The third-order valence-electron chi connectivity index (χ3n) is 5.29. The van der Waals surface area contributed by atoms with Gasteiger partial charge in [0.15, 0.2) is 5.76 Å². The summed E-state index contributed by atoms with van der Waals surface area (Å²) in [5.74, 6) is -0.776. The smallest absolute Gasteiger partial charge is 0.290 e. The van der Waals surface area contributed by atoms with Crippen LogP contribution in [0.15, 0.2) is 65.9 Å². The molecule has 4 rings (SSSR count). The number of rotatable bonds is 6. The first kappa shape index (κ1) is 20.8. The van der Waals surface area contributed by atoms with Crippen LogP contribution in [0.2, 0.25) is 0 Å². The number of Topliss-reactive ketones (excluding diaryl/α,β-unsaturated/α-hetero) is 1. The first-order chi connectivity index (χ1) is 14.9. The number of carbonyl (C=O) groups is 2. The van der Waals surface area contributed by atoms with Gasteiger partial charge in [0.25, 0.3) is 5.91 Å². The molecule has 7 heteroatoms. The van der Waals surface area contributed by atoms with Crippen molar-refractivity contribution in [2.24, 2.45) is 0 Å². The number of carbonyl (C=O) groups excluding carboxylic acids is 2. The molecule has 1 aliphatic heterocycles. The van der Waals surface area contributed by atoms with Crippen LogP contribution >= 0.6 is 11.3 Å². The second kappa shape index (κ2) is 8.35. The molecule has 0 radical (unpaired) electrons. The van der Waals surface area contributed by atoms with Crippen LogP contribution in [0.25, 0.3) is 0 Å². The van der Waals surface area contributed by atoms with Gasteiger partial charge in [0.05, 0.1) is 34.3 Å². The fourth-order valence-corrected chi connectivity index (χ4v) is 4.70. The second-order valence-corrected chi connectivity index (χ2v) is 8.54. The number of aliphatic hydroxyl groups excluding tert-OH is 1. The van der Waals surface area contributed by atoms with Gasteiger partial charge in [-0.25, -0.2) is 4.98 Å². The van der Waals surface area contributed by atoms with Gasteiger partial charge in [-0.15, -0.1) is 11.3 Å². The minimum absolute atomic E-state index is 0.0813. The molecule has 6 nitrogen and oxygen atoms in total. The van der Waals surface area contributed by atoms with Gasteiger partial charge in [-0.05, 0) is 37.1 Å². The van der Waals surface area contributed by atoms with E-state index in [-0.39, 0.29) is 17.9 Å². The minimum atomic E-state index is -0.715. The number of benzene rings is 2. The van der Waals surface area contributed by atoms with Crippen LogP contribution < -0.4 is 4.74 Å². The number of hydrogen-bond acceptors (Lipinski definition) is 6. The summed E-state index contributed by atoms with van der Waals surface area (Å²) in [5.41, 5.74) is 2.30. The number of nitrogens with zero attached hydrogens (tertiary/aromatic N) is 2. The Labute approximate surface area is 184 Å². The predicted molar refractivity (Wildman–Crippen MR) is 118 cm³/mol. The van der Waals surface area contributed by atoms with Crippen molar-refractivity contribution in [1.82, 2.24) is 9.88 Å². The summed E-state index contributed by atoms with van der Waals surface area (Å²) in [4.78, 5) is 32.9. The van der Waals surface area contributed by atoms with E-state index in [1.165, 1.54) is 16.2 Å². The zero-order valence-electron chi connectivity index (χ0n) is 17.5. The number of ether oxygens (including phenoxy) is 1. The maximum Gasteiger partial charge on any atom is 0.290 e. The van der Waals surface area contributed by atoms with E-state index in [4.69, 9.17) is 4.74 Å². The third-order valence-corrected chi connectivity index (χ3v) is 6.36. The van der Waals surface area contributed by atoms with Crippen molar-refractivity contribution in [2.75, 3.05) is 7.11 Å². The number of amides is 1. The molecule has 1 N–H and O–H groups in total. The average Bonchev–Trinajstić information content (AvgIpc) is 3.24. The Morgan fingerprint density at radius 2 is 1.81 bits per heavy atom. The van der Waals surface area contributed by atoms with Gasteiger partial charge in [0.1, 0.15) is 5.75 Å². The topological polar surface area (TPSA) is 79.7 Å². The van der Waals surface area contributed by atoms with Crippen molar-refractivity contribution in [3.63, 3.8) is 0 Å². The molecule has 3 aromatic rings. The Bertz CT molecular complexity index is 1170. The molecule has 0 spiro atoms. The highest BCUT2D eigenvalue weighted by Crippen LogP contribution is 2.41. The number of aromatic nitrogens is 1. The SMILES string of the molecule is COc1ccc(C2C(C(=O)c3sc(C)nc3C)=C(O)C(=O)N2Cc2ccccc2)cc1. The van der Waals surface area contributed by atoms with Gasteiger partial charge in [-0.2, -0.15) is 0 Å². The molecular weight excluding hydrogens is 412 g/mol. The zero-order chi connectivity index (χ0) is 22.1. The van der Waals surface area contributed by atoms with E-state index in [2.05, 4.69) is 4.98 Å². The fourth-order valence-electron chi connectivity index (χ4n) is 3.83. The van der Waals surface area contributed by atoms with Gasteiger partial charge in [0.2, 0.25) is 5.78 Å². The van der Waals surface area contributed by atoms with Crippen LogP contribution in [-0.2, 0) is 11.3 Å². The van der Waals surface area contributed by atoms with Crippen LogP contribution in [0.1, 0.15) is 37.5 Å². The number of aliphatic hydroxyl groups is 1. The molecule has 1 amide bonds. The van der Waals surface area contributed by atoms with E-state index < -0.39 is 17.7 Å². The number of hydrogen-bond donors (Lipinski definition) is 1. The second-order valence-electron chi connectivity index (χ2n) is 7.33. The third kappa shape index (κ3) is 3.84. The highest BCUT2D eigenvalue weighted by Gasteiger charge is 2.44. The molecule has 31 heavy (non-hydrogen) atoms. The summed E-state index contributed by atoms with van der Waals surface area (Å²) in [5, 5.41) is 11.6. The Hall–Kier alpha value is -3.45. The monoisotopic (exact) mass is 434 g/mol. The lowest BCUT2D eigenvalue weighted by Crippen LogP contribution is -2.30. The minimum Gasteiger partial charge on any atom is -0.503 e. The quantitative estimate of drug-likeness (QED) is 0.576. The van der Waals surface area contributed by atoms with Gasteiger partial charge < -0.3 is 14.7 Å². The number of thiazole rings is 1. The Kier molecular flexibility index (Phi) is 5.61. The van der Waals surface area contributed by atoms with Gasteiger partial charge in [-0.3, -0.25) is 9.59 Å². The normalized spacial score (nSPS) is 16.2. The largest absolute Gasteiger partial charge is 0.503 e. The highest BCUT2D eigenvalue weighted by atomic mass is 32.1. The molecule has 1 atom stereocenters. The molecule has 1 aromatic heterocycles. The molecule has 158 valence electrons. The maximum absolute atomic E-state index is 13.5. The molecule has 1 unspecified atom stereocenters. The number of aryl methyl sites for hydroxylation is 2. The van der Waals surface area contributed by atoms with E-state index in [9.17, 15) is 14.7 Å². The lowest BCUT2D eigenvalue weighted by molar-refractivity contribution is -0.130. The van der Waals surface area contributed by atoms with Crippen molar-refractivity contribution in [3.8, 4) is 5.75 Å². The maximum atomic E-state index is 13.5. The van der Waals surface area contributed by atoms with Gasteiger partial charge in [-0.1, -0.05) is 42.5 Å². The Morgan fingerprint density at radius 3 is 2.39 bits per heavy atom. The molecular formula is C24H22N2O4S. The van der Waals surface area contributed by atoms with Crippen molar-refractivity contribution in [1.29, 1.82) is 0 Å². The van der Waals surface area contributed by atoms with E-state index >= 15 is 0 Å². The summed E-state index contributed by atoms with van der Waals surface area (Å²) < 4.78 is 5.24. The van der Waals surface area contributed by atoms with E-state index in [0.717, 1.165) is 16.1 Å². The summed E-state index contributed by atoms with van der Waals surface area (Å²) in [6.45, 7) is 3.85. The Morgan fingerprint density at radius 1 is 1.13 bits per heavy atom. The first-order valence-corrected chi connectivity index (χ1v) is 10.6. The standard InChI is InChI=1S/C24H22N2O4S/c1-14-23(31-15(2)25-14)21(27)19-20(17-9-11-18(30-3)12-10-17)26(24(29)22(19)28)13-16-7-5-4-6-8-16/h4-12,20,28H,13H2,1-3H3. The summed E-state index contributed by atoms with van der Waals surface area (Å²) in [6, 6.07) is 16.0. The predicted octanol–water partition coefficient (Wildman–Crippen LogP) is 4.55. The van der Waals surface area contributed by atoms with Crippen molar-refractivity contribution in [2.45, 2.75) is 26.4 Å². The molecule has 2 heterocycles. The molecule has 0 saturated heterocycles. The number of ketones is 1. The van der Waals surface area contributed by atoms with E-state index in [1.807, 2.05) is 49.4 Å². The molecule has 0 fully saturated rings. The highest BCUT2D eigenvalue weighted by molar-refractivity contribution is 7.14. The molecule has 0 bridgehead atoms.